The average molecular weight is 789 g/mol. The molecular formula is C33H40O22. The monoisotopic (exact) mass is 788 g/mol. The standard InChI is InChI=1S/C33H40O22/c34-6-15-19(40)23(44)26(47)31(51-15)49-10-4-13(39)18-14(5-10)50-28(9-1-2-11(37)12(38)3-9)29(22(18)43)54-33-30(25(46)21(42)17(8-36)53-33)55-32-27(48)24(45)20(41)16(7-35)52-32/h1-5,15-17,19-21,23-27,30-42,44-48H,6-8H2/t15-,16-,17-,19-,20+,21-,23+,24+,25+,26-,27-,30-,31-,32+,33+/m1/s1. The summed E-state index contributed by atoms with van der Waals surface area (Å²) in [6.07, 6.45) is -27.2. The number of hydrogen-bond acceptors (Lipinski definition) is 22. The zero-order valence-corrected chi connectivity index (χ0v) is 28.2. The van der Waals surface area contributed by atoms with Gasteiger partial charge in [0.15, 0.2) is 29.7 Å². The van der Waals surface area contributed by atoms with Crippen LogP contribution in [0.1, 0.15) is 0 Å². The van der Waals surface area contributed by atoms with Crippen LogP contribution in [-0.4, -0.2) is 183 Å². The Morgan fingerprint density at radius 3 is 1.69 bits per heavy atom. The van der Waals surface area contributed by atoms with Gasteiger partial charge >= 0.3 is 0 Å². The van der Waals surface area contributed by atoms with Crippen LogP contribution in [0.5, 0.6) is 28.7 Å². The van der Waals surface area contributed by atoms with Crippen molar-refractivity contribution in [1.29, 1.82) is 0 Å². The van der Waals surface area contributed by atoms with Crippen molar-refractivity contribution in [2.45, 2.75) is 92.1 Å². The lowest BCUT2D eigenvalue weighted by atomic mass is 9.97. The fourth-order valence-corrected chi connectivity index (χ4v) is 6.33. The number of aliphatic hydroxyl groups excluding tert-OH is 11. The van der Waals surface area contributed by atoms with Crippen LogP contribution in [0, 0.1) is 0 Å². The number of benzene rings is 2. The minimum absolute atomic E-state index is 0.162. The number of fused-ring (bicyclic) bond motifs is 1. The minimum Gasteiger partial charge on any atom is -0.507 e. The number of aromatic hydroxyl groups is 3. The molecule has 304 valence electrons. The number of aliphatic hydroxyl groups is 11. The van der Waals surface area contributed by atoms with Crippen molar-refractivity contribution in [2.75, 3.05) is 19.8 Å². The molecule has 2 aromatic carbocycles. The topological polar surface area (TPSA) is 369 Å². The maximum atomic E-state index is 14.2. The summed E-state index contributed by atoms with van der Waals surface area (Å²) >= 11 is 0. The molecule has 0 amide bonds. The Bertz CT molecular complexity index is 1870. The first kappa shape index (κ1) is 40.7. The molecule has 3 saturated heterocycles. The van der Waals surface area contributed by atoms with E-state index in [9.17, 15) is 76.3 Å². The van der Waals surface area contributed by atoms with E-state index >= 15 is 0 Å². The molecule has 0 spiro atoms. The van der Waals surface area contributed by atoms with Crippen LogP contribution in [0.4, 0.5) is 0 Å². The molecule has 3 aliphatic heterocycles. The first-order chi connectivity index (χ1) is 26.1. The zero-order valence-electron chi connectivity index (χ0n) is 28.2. The second kappa shape index (κ2) is 16.3. The Morgan fingerprint density at radius 2 is 1.11 bits per heavy atom. The molecular weight excluding hydrogens is 748 g/mol. The van der Waals surface area contributed by atoms with E-state index in [0.717, 1.165) is 24.3 Å². The van der Waals surface area contributed by atoms with Gasteiger partial charge in [0.2, 0.25) is 23.8 Å². The number of phenols is 3. The van der Waals surface area contributed by atoms with Gasteiger partial charge in [-0.1, -0.05) is 0 Å². The highest BCUT2D eigenvalue weighted by atomic mass is 16.8. The third-order valence-corrected chi connectivity index (χ3v) is 9.44. The summed E-state index contributed by atoms with van der Waals surface area (Å²) in [7, 11) is 0. The molecule has 3 aromatic rings. The highest BCUT2D eigenvalue weighted by molar-refractivity contribution is 5.88. The van der Waals surface area contributed by atoms with Gasteiger partial charge in [0.05, 0.1) is 19.8 Å². The Kier molecular flexibility index (Phi) is 12.0. The predicted molar refractivity (Wildman–Crippen MR) is 174 cm³/mol. The maximum Gasteiger partial charge on any atom is 0.239 e. The molecule has 14 N–H and O–H groups in total. The Labute approximate surface area is 307 Å². The molecule has 6 rings (SSSR count). The van der Waals surface area contributed by atoms with Gasteiger partial charge < -0.3 is 104 Å². The lowest BCUT2D eigenvalue weighted by molar-refractivity contribution is -0.358. The molecule has 1 aromatic heterocycles. The van der Waals surface area contributed by atoms with Crippen molar-refractivity contribution >= 4 is 11.0 Å². The van der Waals surface area contributed by atoms with Gasteiger partial charge in [-0.25, -0.2) is 0 Å². The molecule has 0 bridgehead atoms. The van der Waals surface area contributed by atoms with Gasteiger partial charge in [0, 0.05) is 17.7 Å². The lowest BCUT2D eigenvalue weighted by Gasteiger charge is -2.45. The van der Waals surface area contributed by atoms with Crippen molar-refractivity contribution in [3.63, 3.8) is 0 Å². The summed E-state index contributed by atoms with van der Waals surface area (Å²) in [5.41, 5.74) is -1.77. The zero-order chi connectivity index (χ0) is 40.0. The summed E-state index contributed by atoms with van der Waals surface area (Å²) < 4.78 is 39.5. The molecule has 0 saturated carbocycles. The molecule has 0 aliphatic carbocycles. The van der Waals surface area contributed by atoms with Crippen LogP contribution in [0.2, 0.25) is 0 Å². The van der Waals surface area contributed by atoms with E-state index in [1.54, 1.807) is 0 Å². The average Bonchev–Trinajstić information content (AvgIpc) is 3.16. The van der Waals surface area contributed by atoms with E-state index < -0.39 is 157 Å². The van der Waals surface area contributed by atoms with Gasteiger partial charge in [-0.2, -0.15) is 0 Å². The van der Waals surface area contributed by atoms with Crippen molar-refractivity contribution in [3.8, 4) is 40.1 Å². The van der Waals surface area contributed by atoms with Crippen LogP contribution in [0.15, 0.2) is 39.5 Å². The molecule has 22 nitrogen and oxygen atoms in total. The van der Waals surface area contributed by atoms with Gasteiger partial charge in [0.25, 0.3) is 0 Å². The first-order valence-electron chi connectivity index (χ1n) is 16.7. The minimum atomic E-state index is -2.05. The molecule has 3 fully saturated rings. The van der Waals surface area contributed by atoms with Crippen LogP contribution in [0.25, 0.3) is 22.3 Å². The third kappa shape index (κ3) is 7.63. The van der Waals surface area contributed by atoms with Gasteiger partial charge in [-0.05, 0) is 18.2 Å². The largest absolute Gasteiger partial charge is 0.507 e. The molecule has 4 heterocycles. The van der Waals surface area contributed by atoms with Crippen LogP contribution in [0.3, 0.4) is 0 Å². The quantitative estimate of drug-likeness (QED) is 0.0853. The van der Waals surface area contributed by atoms with Crippen molar-refractivity contribution in [2.24, 2.45) is 0 Å². The lowest BCUT2D eigenvalue weighted by Crippen LogP contribution is -2.65. The first-order valence-corrected chi connectivity index (χ1v) is 16.7. The Hall–Kier alpha value is -3.95. The number of rotatable bonds is 10. The third-order valence-electron chi connectivity index (χ3n) is 9.44. The van der Waals surface area contributed by atoms with Gasteiger partial charge in [-0.15, -0.1) is 0 Å². The summed E-state index contributed by atoms with van der Waals surface area (Å²) in [5.74, 6) is -3.84. The highest BCUT2D eigenvalue weighted by Gasteiger charge is 2.52. The summed E-state index contributed by atoms with van der Waals surface area (Å²) in [4.78, 5) is 14.2. The van der Waals surface area contributed by atoms with E-state index in [1.165, 1.54) is 6.07 Å². The van der Waals surface area contributed by atoms with Crippen LogP contribution >= 0.6 is 0 Å². The van der Waals surface area contributed by atoms with Gasteiger partial charge in [-0.3, -0.25) is 4.79 Å². The van der Waals surface area contributed by atoms with E-state index in [1.807, 2.05) is 0 Å². The van der Waals surface area contributed by atoms with Gasteiger partial charge in [0.1, 0.15) is 89.6 Å². The Morgan fingerprint density at radius 1 is 0.564 bits per heavy atom. The smallest absolute Gasteiger partial charge is 0.239 e. The Balaban J connectivity index is 1.43. The molecule has 15 atom stereocenters. The van der Waals surface area contributed by atoms with Crippen LogP contribution in [-0.2, 0) is 18.9 Å². The normalized spacial score (nSPS) is 36.8. The van der Waals surface area contributed by atoms with Crippen molar-refractivity contribution < 1.29 is 104 Å². The van der Waals surface area contributed by atoms with E-state index in [2.05, 4.69) is 0 Å². The van der Waals surface area contributed by atoms with Crippen LogP contribution < -0.4 is 14.9 Å². The van der Waals surface area contributed by atoms with Crippen molar-refractivity contribution in [3.05, 3.63) is 40.6 Å². The van der Waals surface area contributed by atoms with E-state index in [0.29, 0.717) is 0 Å². The number of hydrogen-bond donors (Lipinski definition) is 14. The molecule has 0 unspecified atom stereocenters. The predicted octanol–water partition coefficient (Wildman–Crippen LogP) is -5.24. The second-order valence-corrected chi connectivity index (χ2v) is 13.0. The molecule has 3 aliphatic rings. The SMILES string of the molecule is O=c1c(O[C@@H]2O[C@H](CO)[C@@H](O)[C@H](O)[C@H]2O[C@@H]2O[C@H](CO)[C@H](O)[C@H](O)[C@H]2O)c(-c2ccc(O)c(O)c2)oc2cc(O[C@@H]3O[C@H](CO)[C@@H](O)[C@H](O)[C@H]3O)cc(O)c12. The summed E-state index contributed by atoms with van der Waals surface area (Å²) in [5, 5.41) is 143. The second-order valence-electron chi connectivity index (χ2n) is 13.0. The highest BCUT2D eigenvalue weighted by Crippen LogP contribution is 2.41. The number of phenolic OH excluding ortho intramolecular Hbond substituents is 3. The number of ether oxygens (including phenoxy) is 6. The fourth-order valence-electron chi connectivity index (χ4n) is 6.33. The molecule has 22 heteroatoms. The van der Waals surface area contributed by atoms with Crippen molar-refractivity contribution in [1.82, 2.24) is 0 Å². The van der Waals surface area contributed by atoms with E-state index in [-0.39, 0.29) is 11.3 Å². The maximum absolute atomic E-state index is 14.2. The summed E-state index contributed by atoms with van der Waals surface area (Å²) in [6.45, 7) is -2.56. The molecule has 0 radical (unpaired) electrons. The van der Waals surface area contributed by atoms with E-state index in [4.69, 9.17) is 32.8 Å². The molecule has 55 heavy (non-hydrogen) atoms. The fraction of sp³-hybridized carbons (Fsp3) is 0.545. The summed E-state index contributed by atoms with van der Waals surface area (Å²) in [6, 6.07) is 5.03.